The number of rotatable bonds is 3. The van der Waals surface area contributed by atoms with Gasteiger partial charge in [0.2, 0.25) is 0 Å². The smallest absolute Gasteiger partial charge is 0.322 e. The Labute approximate surface area is 125 Å². The molecule has 1 aliphatic rings. The maximum Gasteiger partial charge on any atom is 0.322 e. The van der Waals surface area contributed by atoms with Crippen LogP contribution in [0.4, 0.5) is 14.9 Å². The van der Waals surface area contributed by atoms with Gasteiger partial charge in [0.15, 0.2) is 0 Å². The van der Waals surface area contributed by atoms with E-state index >= 15 is 0 Å². The van der Waals surface area contributed by atoms with Crippen molar-refractivity contribution >= 4 is 11.7 Å². The summed E-state index contributed by atoms with van der Waals surface area (Å²) >= 11 is 0. The number of likely N-dealkylation sites (N-methyl/N-ethyl adjacent to an activating group) is 1. The monoisotopic (exact) mass is 293 g/mol. The minimum absolute atomic E-state index is 0.193. The number of carbonyl (C=O) groups is 1. The normalized spacial score (nSPS) is 25.4. The molecule has 0 heterocycles. The van der Waals surface area contributed by atoms with Crippen LogP contribution in [0.5, 0.6) is 0 Å². The number of benzene rings is 1. The summed E-state index contributed by atoms with van der Waals surface area (Å²) in [6.45, 7) is 2.67. The van der Waals surface area contributed by atoms with Gasteiger partial charge in [-0.2, -0.15) is 0 Å². The van der Waals surface area contributed by atoms with Gasteiger partial charge >= 0.3 is 6.03 Å². The van der Waals surface area contributed by atoms with Crippen LogP contribution in [-0.4, -0.2) is 30.1 Å². The quantitative estimate of drug-likeness (QED) is 0.899. The van der Waals surface area contributed by atoms with Gasteiger partial charge in [0.25, 0.3) is 0 Å². The van der Waals surface area contributed by atoms with Crippen LogP contribution in [0.2, 0.25) is 0 Å². The van der Waals surface area contributed by atoms with Crippen LogP contribution < -0.4 is 11.1 Å². The third-order valence-corrected chi connectivity index (χ3v) is 4.56. The molecule has 1 aromatic rings. The summed E-state index contributed by atoms with van der Waals surface area (Å²) in [6.07, 6.45) is 4.14. The van der Waals surface area contributed by atoms with Crippen LogP contribution in [0, 0.1) is 11.7 Å². The minimum atomic E-state index is -0.319. The zero-order chi connectivity index (χ0) is 15.5. The van der Waals surface area contributed by atoms with Crippen molar-refractivity contribution in [2.24, 2.45) is 11.7 Å². The zero-order valence-corrected chi connectivity index (χ0v) is 12.7. The average Bonchev–Trinajstić information content (AvgIpc) is 2.48. The predicted octanol–water partition coefficient (Wildman–Crippen LogP) is 3.20. The highest BCUT2D eigenvalue weighted by atomic mass is 19.1. The summed E-state index contributed by atoms with van der Waals surface area (Å²) in [5.41, 5.74) is 6.29. The van der Waals surface area contributed by atoms with Gasteiger partial charge in [0, 0.05) is 19.3 Å². The standard InChI is InChI=1S/C16H24FN3O/c1-12-4-3-9-16(10-12,11-18)20(2)15(21)19-14-7-5-13(17)6-8-14/h5-8,12H,3-4,9-11,18H2,1-2H3,(H,19,21). The third kappa shape index (κ3) is 3.53. The van der Waals surface area contributed by atoms with E-state index in [-0.39, 0.29) is 17.4 Å². The predicted molar refractivity (Wildman–Crippen MR) is 82.6 cm³/mol. The fourth-order valence-electron chi connectivity index (χ4n) is 3.22. The summed E-state index contributed by atoms with van der Waals surface area (Å²) < 4.78 is 12.9. The molecule has 2 rings (SSSR count). The first-order valence-electron chi connectivity index (χ1n) is 7.47. The Morgan fingerprint density at radius 3 is 2.71 bits per heavy atom. The molecule has 1 fully saturated rings. The van der Waals surface area contributed by atoms with E-state index in [1.807, 2.05) is 0 Å². The highest BCUT2D eigenvalue weighted by Crippen LogP contribution is 2.35. The van der Waals surface area contributed by atoms with Crippen molar-refractivity contribution < 1.29 is 9.18 Å². The van der Waals surface area contributed by atoms with E-state index < -0.39 is 0 Å². The number of nitrogens with one attached hydrogen (secondary N) is 1. The average molecular weight is 293 g/mol. The van der Waals surface area contributed by atoms with Crippen LogP contribution in [-0.2, 0) is 0 Å². The Balaban J connectivity index is 2.08. The highest BCUT2D eigenvalue weighted by Gasteiger charge is 2.39. The van der Waals surface area contributed by atoms with Crippen molar-refractivity contribution in [3.8, 4) is 0 Å². The second kappa shape index (κ2) is 6.43. The second-order valence-corrected chi connectivity index (χ2v) is 6.13. The number of hydrogen-bond acceptors (Lipinski definition) is 2. The number of nitrogens with zero attached hydrogens (tertiary/aromatic N) is 1. The lowest BCUT2D eigenvalue weighted by Crippen LogP contribution is -2.57. The van der Waals surface area contributed by atoms with Crippen LogP contribution in [0.25, 0.3) is 0 Å². The molecule has 1 aliphatic carbocycles. The molecule has 0 aromatic heterocycles. The molecule has 0 aliphatic heterocycles. The number of halogens is 1. The van der Waals surface area contributed by atoms with E-state index in [0.717, 1.165) is 19.3 Å². The number of hydrogen-bond donors (Lipinski definition) is 2. The van der Waals surface area contributed by atoms with Gasteiger partial charge < -0.3 is 16.0 Å². The number of anilines is 1. The molecule has 21 heavy (non-hydrogen) atoms. The third-order valence-electron chi connectivity index (χ3n) is 4.56. The molecular formula is C16H24FN3O. The molecule has 0 bridgehead atoms. The van der Waals surface area contributed by atoms with E-state index in [1.165, 1.54) is 18.6 Å². The summed E-state index contributed by atoms with van der Waals surface area (Å²) in [5.74, 6) is 0.254. The van der Waals surface area contributed by atoms with Crippen LogP contribution in [0.15, 0.2) is 24.3 Å². The lowest BCUT2D eigenvalue weighted by Gasteiger charge is -2.45. The highest BCUT2D eigenvalue weighted by molar-refractivity contribution is 5.89. The number of nitrogens with two attached hydrogens (primary N) is 1. The van der Waals surface area contributed by atoms with Crippen molar-refractivity contribution in [2.45, 2.75) is 38.1 Å². The van der Waals surface area contributed by atoms with Gasteiger partial charge in [-0.15, -0.1) is 0 Å². The van der Waals surface area contributed by atoms with Crippen molar-refractivity contribution in [1.82, 2.24) is 4.90 Å². The Bertz CT molecular complexity index is 491. The molecule has 2 amide bonds. The van der Waals surface area contributed by atoms with Crippen molar-refractivity contribution in [3.05, 3.63) is 30.1 Å². The second-order valence-electron chi connectivity index (χ2n) is 6.13. The van der Waals surface area contributed by atoms with Gasteiger partial charge in [-0.05, 0) is 43.0 Å². The zero-order valence-electron chi connectivity index (χ0n) is 12.7. The Kier molecular flexibility index (Phi) is 4.83. The van der Waals surface area contributed by atoms with Crippen molar-refractivity contribution in [2.75, 3.05) is 18.9 Å². The molecule has 0 spiro atoms. The van der Waals surface area contributed by atoms with Gasteiger partial charge in [-0.1, -0.05) is 19.8 Å². The molecule has 1 saturated carbocycles. The van der Waals surface area contributed by atoms with Crippen LogP contribution in [0.1, 0.15) is 32.6 Å². The number of urea groups is 1. The Morgan fingerprint density at radius 1 is 1.48 bits per heavy atom. The maximum atomic E-state index is 12.9. The maximum absolute atomic E-state index is 12.9. The summed E-state index contributed by atoms with van der Waals surface area (Å²) in [7, 11) is 1.80. The van der Waals surface area contributed by atoms with Crippen molar-refractivity contribution in [3.63, 3.8) is 0 Å². The van der Waals surface area contributed by atoms with Gasteiger partial charge in [-0.3, -0.25) is 0 Å². The first-order chi connectivity index (χ1) is 9.97. The first-order valence-corrected chi connectivity index (χ1v) is 7.47. The van der Waals surface area contributed by atoms with Gasteiger partial charge in [0.1, 0.15) is 5.82 Å². The number of amides is 2. The topological polar surface area (TPSA) is 58.4 Å². The molecule has 4 nitrogen and oxygen atoms in total. The van der Waals surface area contributed by atoms with Crippen molar-refractivity contribution in [1.29, 1.82) is 0 Å². The molecular weight excluding hydrogens is 269 g/mol. The van der Waals surface area contributed by atoms with E-state index in [9.17, 15) is 9.18 Å². The van der Waals surface area contributed by atoms with E-state index in [0.29, 0.717) is 18.2 Å². The Morgan fingerprint density at radius 2 is 2.14 bits per heavy atom. The molecule has 0 radical (unpaired) electrons. The molecule has 3 N–H and O–H groups in total. The molecule has 5 heteroatoms. The van der Waals surface area contributed by atoms with Crippen LogP contribution >= 0.6 is 0 Å². The summed E-state index contributed by atoms with van der Waals surface area (Å²) in [4.78, 5) is 14.2. The van der Waals surface area contributed by atoms with Gasteiger partial charge in [0.05, 0.1) is 5.54 Å². The molecule has 0 saturated heterocycles. The fourth-order valence-corrected chi connectivity index (χ4v) is 3.22. The van der Waals surface area contributed by atoms with E-state index in [4.69, 9.17) is 5.73 Å². The van der Waals surface area contributed by atoms with E-state index in [2.05, 4.69) is 12.2 Å². The molecule has 116 valence electrons. The summed E-state index contributed by atoms with van der Waals surface area (Å²) in [6, 6.07) is 5.58. The Hall–Kier alpha value is -1.62. The lowest BCUT2D eigenvalue weighted by atomic mass is 9.75. The van der Waals surface area contributed by atoms with Crippen LogP contribution in [0.3, 0.4) is 0 Å². The summed E-state index contributed by atoms with van der Waals surface area (Å²) in [5, 5.41) is 2.80. The molecule has 2 atom stereocenters. The largest absolute Gasteiger partial charge is 0.328 e. The van der Waals surface area contributed by atoms with E-state index in [1.54, 1.807) is 24.1 Å². The molecule has 1 aromatic carbocycles. The van der Waals surface area contributed by atoms with Gasteiger partial charge in [-0.25, -0.2) is 9.18 Å². The minimum Gasteiger partial charge on any atom is -0.328 e. The SMILES string of the molecule is CC1CCCC(CN)(N(C)C(=O)Nc2ccc(F)cc2)C1. The lowest BCUT2D eigenvalue weighted by molar-refractivity contribution is 0.0910. The fraction of sp³-hybridized carbons (Fsp3) is 0.562. The molecule has 2 unspecified atom stereocenters. The first kappa shape index (κ1) is 15.8. The number of carbonyl (C=O) groups excluding carboxylic acids is 1.